The first-order chi connectivity index (χ1) is 12.9. The van der Waals surface area contributed by atoms with Crippen molar-refractivity contribution in [3.63, 3.8) is 0 Å². The van der Waals surface area contributed by atoms with E-state index in [-0.39, 0.29) is 27.5 Å². The molecule has 6 heteroatoms. The van der Waals surface area contributed by atoms with Gasteiger partial charge in [0, 0.05) is 11.1 Å². The normalized spacial score (nSPS) is 11.0. The van der Waals surface area contributed by atoms with Gasteiger partial charge in [-0.25, -0.2) is 4.79 Å². The number of thiol groups is 1. The van der Waals surface area contributed by atoms with E-state index in [4.69, 9.17) is 0 Å². The van der Waals surface area contributed by atoms with Crippen LogP contribution in [-0.4, -0.2) is 22.8 Å². The topological polar surface area (TPSA) is 83.5 Å². The van der Waals surface area contributed by atoms with Gasteiger partial charge in [0.25, 0.3) is 5.91 Å². The minimum Gasteiger partial charge on any atom is -0.478 e. The maximum Gasteiger partial charge on any atom is 0.337 e. The summed E-state index contributed by atoms with van der Waals surface area (Å²) in [6.07, 6.45) is 3.60. The number of amides is 1. The summed E-state index contributed by atoms with van der Waals surface area (Å²) in [6.45, 7) is 5.43. The quantitative estimate of drug-likeness (QED) is 0.288. The van der Waals surface area contributed by atoms with E-state index < -0.39 is 11.9 Å². The van der Waals surface area contributed by atoms with E-state index in [2.05, 4.69) is 24.5 Å². The number of anilines is 1. The van der Waals surface area contributed by atoms with Crippen LogP contribution >= 0.6 is 12.6 Å². The first kappa shape index (κ1) is 20.2. The number of carbonyl (C=O) groups excluding carboxylic acids is 2. The van der Waals surface area contributed by atoms with Gasteiger partial charge in [-0.3, -0.25) is 9.59 Å². The number of carbonyl (C=O) groups is 3. The van der Waals surface area contributed by atoms with Crippen molar-refractivity contribution in [1.82, 2.24) is 0 Å². The van der Waals surface area contributed by atoms with Crippen LogP contribution in [0.3, 0.4) is 0 Å². The molecule has 2 rings (SSSR count). The highest BCUT2D eigenvalue weighted by Crippen LogP contribution is 2.20. The largest absolute Gasteiger partial charge is 0.478 e. The van der Waals surface area contributed by atoms with Crippen molar-refractivity contribution in [2.75, 3.05) is 5.32 Å². The Labute approximate surface area is 162 Å². The number of nitrogens with one attached hydrogen (secondary N) is 1. The number of aromatic carboxylic acids is 1. The van der Waals surface area contributed by atoms with Crippen molar-refractivity contribution in [2.24, 2.45) is 0 Å². The van der Waals surface area contributed by atoms with Crippen LogP contribution in [0.25, 0.3) is 0 Å². The number of hydrogen-bond acceptors (Lipinski definition) is 4. The molecule has 0 saturated carbocycles. The summed E-state index contributed by atoms with van der Waals surface area (Å²) in [6, 6.07) is 11.0. The molecular weight excluding hydrogens is 362 g/mol. The second kappa shape index (κ2) is 9.00. The average Bonchev–Trinajstić information content (AvgIpc) is 2.67. The highest BCUT2D eigenvalue weighted by Gasteiger charge is 2.16. The fraction of sp³-hybridized carbons (Fsp3) is 0.0952. The van der Waals surface area contributed by atoms with Gasteiger partial charge in [0.2, 0.25) is 0 Å². The lowest BCUT2D eigenvalue weighted by atomic mass is 10.0. The van der Waals surface area contributed by atoms with Gasteiger partial charge in [0.15, 0.2) is 5.78 Å². The predicted molar refractivity (Wildman–Crippen MR) is 109 cm³/mol. The fourth-order valence-electron chi connectivity index (χ4n) is 2.43. The third-order valence-electron chi connectivity index (χ3n) is 3.87. The Balaban J connectivity index is 2.31. The van der Waals surface area contributed by atoms with Crippen LogP contribution in [0.1, 0.15) is 43.6 Å². The Morgan fingerprint density at radius 3 is 2.48 bits per heavy atom. The smallest absolute Gasteiger partial charge is 0.337 e. The van der Waals surface area contributed by atoms with Gasteiger partial charge >= 0.3 is 5.97 Å². The number of aryl methyl sites for hydroxylation is 1. The monoisotopic (exact) mass is 381 g/mol. The number of ketones is 1. The molecule has 0 aliphatic heterocycles. The minimum absolute atomic E-state index is 0.0153. The van der Waals surface area contributed by atoms with Crippen LogP contribution in [0, 0.1) is 0 Å². The van der Waals surface area contributed by atoms with Crippen molar-refractivity contribution in [3.05, 3.63) is 88.4 Å². The fourth-order valence-corrected chi connectivity index (χ4v) is 2.66. The van der Waals surface area contributed by atoms with Gasteiger partial charge < -0.3 is 10.4 Å². The summed E-state index contributed by atoms with van der Waals surface area (Å²) in [4.78, 5) is 36.5. The first-order valence-corrected chi connectivity index (χ1v) is 8.66. The summed E-state index contributed by atoms with van der Waals surface area (Å²) >= 11 is 4.11. The third kappa shape index (κ3) is 4.95. The molecule has 0 saturated heterocycles. The maximum atomic E-state index is 12.5. The third-order valence-corrected chi connectivity index (χ3v) is 4.22. The van der Waals surface area contributed by atoms with Gasteiger partial charge in [-0.05, 0) is 42.3 Å². The van der Waals surface area contributed by atoms with Gasteiger partial charge in [-0.1, -0.05) is 37.8 Å². The van der Waals surface area contributed by atoms with Gasteiger partial charge in [-0.15, -0.1) is 12.6 Å². The number of rotatable bonds is 7. The average molecular weight is 381 g/mol. The van der Waals surface area contributed by atoms with Crippen LogP contribution in [-0.2, 0) is 6.42 Å². The Morgan fingerprint density at radius 2 is 1.85 bits per heavy atom. The molecule has 0 aliphatic rings. The van der Waals surface area contributed by atoms with Gasteiger partial charge in [0.05, 0.1) is 16.2 Å². The molecule has 27 heavy (non-hydrogen) atoms. The summed E-state index contributed by atoms with van der Waals surface area (Å²) in [5.74, 6) is -1.98. The number of hydrogen-bond donors (Lipinski definition) is 3. The Morgan fingerprint density at radius 1 is 1.15 bits per heavy atom. The zero-order valence-electron chi connectivity index (χ0n) is 14.7. The lowest BCUT2D eigenvalue weighted by Gasteiger charge is -2.11. The van der Waals surface area contributed by atoms with E-state index in [0.717, 1.165) is 5.56 Å². The SMILES string of the molecule is C=C/C=C(\S)C(=O)c1cccc(C(=O)Nc2ccc(CC)cc2C(=O)O)c1. The molecule has 0 aromatic heterocycles. The number of benzene rings is 2. The van der Waals surface area contributed by atoms with Crippen LogP contribution in [0.5, 0.6) is 0 Å². The molecule has 0 radical (unpaired) electrons. The zero-order valence-corrected chi connectivity index (χ0v) is 15.6. The Kier molecular flexibility index (Phi) is 6.73. The summed E-state index contributed by atoms with van der Waals surface area (Å²) < 4.78 is 0. The molecule has 0 heterocycles. The van der Waals surface area contributed by atoms with Gasteiger partial charge in [-0.2, -0.15) is 0 Å². The number of Topliss-reactive ketones (excluding diaryl/α,β-unsaturated/α-hetero) is 1. The minimum atomic E-state index is -1.13. The molecule has 0 bridgehead atoms. The molecule has 2 N–H and O–H groups in total. The molecule has 2 aromatic rings. The lowest BCUT2D eigenvalue weighted by molar-refractivity contribution is 0.0697. The molecule has 0 spiro atoms. The van der Waals surface area contributed by atoms with Crippen molar-refractivity contribution >= 4 is 36.0 Å². The van der Waals surface area contributed by atoms with E-state index >= 15 is 0 Å². The van der Waals surface area contributed by atoms with E-state index in [0.29, 0.717) is 12.0 Å². The van der Waals surface area contributed by atoms with Crippen LogP contribution < -0.4 is 5.32 Å². The Bertz CT molecular complexity index is 947. The summed E-state index contributed by atoms with van der Waals surface area (Å²) in [5.41, 5.74) is 1.60. The number of allylic oxidation sites excluding steroid dienone is 3. The summed E-state index contributed by atoms with van der Waals surface area (Å²) in [7, 11) is 0. The van der Waals surface area contributed by atoms with Gasteiger partial charge in [0.1, 0.15) is 0 Å². The predicted octanol–water partition coefficient (Wildman–Crippen LogP) is 4.38. The van der Waals surface area contributed by atoms with E-state index in [1.807, 2.05) is 6.92 Å². The maximum absolute atomic E-state index is 12.5. The molecule has 0 unspecified atom stereocenters. The number of carboxylic acids is 1. The number of carboxylic acid groups (broad SMARTS) is 1. The molecular formula is C21H19NO4S. The van der Waals surface area contributed by atoms with Crippen LogP contribution in [0.15, 0.2) is 66.1 Å². The Hall–Kier alpha value is -3.12. The highest BCUT2D eigenvalue weighted by atomic mass is 32.1. The van der Waals surface area contributed by atoms with Crippen LogP contribution in [0.2, 0.25) is 0 Å². The zero-order chi connectivity index (χ0) is 20.0. The molecule has 0 atom stereocenters. The highest BCUT2D eigenvalue weighted by molar-refractivity contribution is 7.85. The van der Waals surface area contributed by atoms with E-state index in [9.17, 15) is 19.5 Å². The van der Waals surface area contributed by atoms with E-state index in [1.54, 1.807) is 30.3 Å². The molecule has 0 fully saturated rings. The molecule has 0 aliphatic carbocycles. The van der Waals surface area contributed by atoms with Crippen molar-refractivity contribution in [2.45, 2.75) is 13.3 Å². The van der Waals surface area contributed by atoms with Crippen molar-refractivity contribution in [1.29, 1.82) is 0 Å². The molecule has 5 nitrogen and oxygen atoms in total. The second-order valence-corrected chi connectivity index (χ2v) is 6.17. The van der Waals surface area contributed by atoms with E-state index in [1.165, 1.54) is 24.3 Å². The molecule has 138 valence electrons. The lowest BCUT2D eigenvalue weighted by Crippen LogP contribution is -2.15. The molecule has 1 amide bonds. The van der Waals surface area contributed by atoms with Crippen molar-refractivity contribution in [3.8, 4) is 0 Å². The summed E-state index contributed by atoms with van der Waals surface area (Å²) in [5, 5.41) is 12.0. The standard InChI is InChI=1S/C21H19NO4S/c1-3-6-18(27)19(23)14-7-5-8-15(12-14)20(24)22-17-10-9-13(4-2)11-16(17)21(25)26/h3,5-12,27H,1,4H2,2H3,(H,22,24)(H,25,26)/b18-6-. The van der Waals surface area contributed by atoms with Crippen LogP contribution in [0.4, 0.5) is 5.69 Å². The first-order valence-electron chi connectivity index (χ1n) is 8.21. The molecule has 2 aromatic carbocycles. The second-order valence-electron chi connectivity index (χ2n) is 5.69. The van der Waals surface area contributed by atoms with Crippen molar-refractivity contribution < 1.29 is 19.5 Å².